The summed E-state index contributed by atoms with van der Waals surface area (Å²) < 4.78 is 5.40. The van der Waals surface area contributed by atoms with E-state index in [-0.39, 0.29) is 36.9 Å². The standard InChI is InChI=1S/C18H19ClN2O3S/c1-11(2)18(15-4-3-7-25-15)20-16(22)9-21-13-8-12(19)5-6-14(13)24-10-17(21)23/h3-8,11,18H,9-10H2,1-2H3,(H,20,22). The monoisotopic (exact) mass is 378 g/mol. The van der Waals surface area contributed by atoms with Gasteiger partial charge in [0.1, 0.15) is 12.3 Å². The molecule has 1 aliphatic heterocycles. The topological polar surface area (TPSA) is 58.6 Å². The fourth-order valence-electron chi connectivity index (χ4n) is 2.75. The molecule has 0 spiro atoms. The second-order valence-corrected chi connectivity index (χ2v) is 7.60. The van der Waals surface area contributed by atoms with Gasteiger partial charge in [0, 0.05) is 9.90 Å². The Bertz CT molecular complexity index is 777. The molecule has 3 rings (SSSR count). The SMILES string of the molecule is CC(C)C(NC(=O)CN1C(=O)COc2ccc(Cl)cc21)c1cccs1. The summed E-state index contributed by atoms with van der Waals surface area (Å²) in [6.07, 6.45) is 0. The van der Waals surface area contributed by atoms with E-state index in [0.29, 0.717) is 16.5 Å². The third-order valence-corrected chi connectivity index (χ3v) is 5.19. The average Bonchev–Trinajstić information content (AvgIpc) is 3.09. The lowest BCUT2D eigenvalue weighted by Crippen LogP contribution is -2.46. The van der Waals surface area contributed by atoms with Gasteiger partial charge in [-0.25, -0.2) is 0 Å². The fourth-order valence-corrected chi connectivity index (χ4v) is 3.86. The molecule has 0 fully saturated rings. The number of hydrogen-bond acceptors (Lipinski definition) is 4. The number of anilines is 1. The lowest BCUT2D eigenvalue weighted by molar-refractivity contribution is -0.125. The van der Waals surface area contributed by atoms with Gasteiger partial charge in [0.25, 0.3) is 5.91 Å². The number of hydrogen-bond donors (Lipinski definition) is 1. The fraction of sp³-hybridized carbons (Fsp3) is 0.333. The zero-order chi connectivity index (χ0) is 18.0. The molecular weight excluding hydrogens is 360 g/mol. The van der Waals surface area contributed by atoms with Crippen molar-refractivity contribution in [3.63, 3.8) is 0 Å². The Morgan fingerprint density at radius 2 is 2.20 bits per heavy atom. The van der Waals surface area contributed by atoms with Gasteiger partial charge in [0.05, 0.1) is 11.7 Å². The second kappa shape index (κ2) is 7.45. The van der Waals surface area contributed by atoms with E-state index in [0.717, 1.165) is 4.88 Å². The maximum absolute atomic E-state index is 12.6. The lowest BCUT2D eigenvalue weighted by Gasteiger charge is -2.30. The number of nitrogens with zero attached hydrogens (tertiary/aromatic N) is 1. The first-order chi connectivity index (χ1) is 12.0. The van der Waals surface area contributed by atoms with E-state index < -0.39 is 0 Å². The van der Waals surface area contributed by atoms with Gasteiger partial charge in [-0.3, -0.25) is 14.5 Å². The number of halogens is 1. The van der Waals surface area contributed by atoms with Crippen LogP contribution >= 0.6 is 22.9 Å². The normalized spacial score (nSPS) is 14.9. The minimum Gasteiger partial charge on any atom is -0.482 e. The zero-order valence-electron chi connectivity index (χ0n) is 14.0. The molecule has 1 N–H and O–H groups in total. The molecule has 25 heavy (non-hydrogen) atoms. The summed E-state index contributed by atoms with van der Waals surface area (Å²) in [5.74, 6) is 0.315. The number of thiophene rings is 1. The Balaban J connectivity index is 1.76. The van der Waals surface area contributed by atoms with Crippen LogP contribution in [0.3, 0.4) is 0 Å². The third-order valence-electron chi connectivity index (χ3n) is 4.00. The molecule has 1 aliphatic rings. The molecule has 1 unspecified atom stereocenters. The number of nitrogens with one attached hydrogen (secondary N) is 1. The molecule has 0 bridgehead atoms. The van der Waals surface area contributed by atoms with Crippen molar-refractivity contribution in [1.82, 2.24) is 5.32 Å². The maximum atomic E-state index is 12.6. The van der Waals surface area contributed by atoms with Gasteiger partial charge in [0.2, 0.25) is 5.91 Å². The van der Waals surface area contributed by atoms with Crippen LogP contribution < -0.4 is 15.0 Å². The van der Waals surface area contributed by atoms with Crippen LogP contribution in [0.2, 0.25) is 5.02 Å². The van der Waals surface area contributed by atoms with E-state index in [4.69, 9.17) is 16.3 Å². The molecular formula is C18H19ClN2O3S. The van der Waals surface area contributed by atoms with E-state index in [2.05, 4.69) is 19.2 Å². The van der Waals surface area contributed by atoms with E-state index >= 15 is 0 Å². The molecule has 0 saturated heterocycles. The Labute approximate surface area is 155 Å². The van der Waals surface area contributed by atoms with Gasteiger partial charge in [-0.05, 0) is 35.6 Å². The number of carbonyl (C=O) groups is 2. The summed E-state index contributed by atoms with van der Waals surface area (Å²) >= 11 is 7.63. The smallest absolute Gasteiger partial charge is 0.265 e. The molecule has 0 radical (unpaired) electrons. The average molecular weight is 379 g/mol. The molecule has 5 nitrogen and oxygen atoms in total. The molecule has 2 amide bonds. The van der Waals surface area contributed by atoms with Crippen LogP contribution in [0.4, 0.5) is 5.69 Å². The van der Waals surface area contributed by atoms with E-state index in [1.165, 1.54) is 4.90 Å². The highest BCUT2D eigenvalue weighted by Crippen LogP contribution is 2.34. The zero-order valence-corrected chi connectivity index (χ0v) is 15.6. The van der Waals surface area contributed by atoms with Crippen molar-refractivity contribution in [2.75, 3.05) is 18.1 Å². The molecule has 1 atom stereocenters. The second-order valence-electron chi connectivity index (χ2n) is 6.19. The van der Waals surface area contributed by atoms with Crippen LogP contribution in [0.1, 0.15) is 24.8 Å². The number of amides is 2. The summed E-state index contributed by atoms with van der Waals surface area (Å²) in [4.78, 5) is 27.3. The van der Waals surface area contributed by atoms with Gasteiger partial charge in [-0.1, -0.05) is 31.5 Å². The maximum Gasteiger partial charge on any atom is 0.265 e. The summed E-state index contributed by atoms with van der Waals surface area (Å²) in [7, 11) is 0. The van der Waals surface area contributed by atoms with Crippen molar-refractivity contribution in [2.45, 2.75) is 19.9 Å². The Hall–Kier alpha value is -2.05. The summed E-state index contributed by atoms with van der Waals surface area (Å²) in [6.45, 7) is 3.96. The summed E-state index contributed by atoms with van der Waals surface area (Å²) in [6, 6.07) is 8.93. The van der Waals surface area contributed by atoms with E-state index in [9.17, 15) is 9.59 Å². The molecule has 0 saturated carbocycles. The first kappa shape index (κ1) is 17.8. The first-order valence-electron chi connectivity index (χ1n) is 8.01. The minimum atomic E-state index is -0.262. The molecule has 132 valence electrons. The van der Waals surface area contributed by atoms with Gasteiger partial charge < -0.3 is 10.1 Å². The van der Waals surface area contributed by atoms with Crippen molar-refractivity contribution in [3.8, 4) is 5.75 Å². The highest BCUT2D eigenvalue weighted by atomic mass is 35.5. The van der Waals surface area contributed by atoms with Crippen LogP contribution in [0.25, 0.3) is 0 Å². The summed E-state index contributed by atoms with van der Waals surface area (Å²) in [5.41, 5.74) is 0.524. The molecule has 2 heterocycles. The van der Waals surface area contributed by atoms with Gasteiger partial charge >= 0.3 is 0 Å². The van der Waals surface area contributed by atoms with Gasteiger partial charge in [-0.2, -0.15) is 0 Å². The van der Waals surface area contributed by atoms with Crippen LogP contribution in [0, 0.1) is 5.92 Å². The number of ether oxygens (including phenoxy) is 1. The van der Waals surface area contributed by atoms with Crippen molar-refractivity contribution in [1.29, 1.82) is 0 Å². The summed E-state index contributed by atoms with van der Waals surface area (Å²) in [5, 5.41) is 5.51. The van der Waals surface area contributed by atoms with Gasteiger partial charge in [0.15, 0.2) is 6.61 Å². The Morgan fingerprint density at radius 1 is 1.40 bits per heavy atom. The van der Waals surface area contributed by atoms with Crippen molar-refractivity contribution in [3.05, 3.63) is 45.6 Å². The van der Waals surface area contributed by atoms with Gasteiger partial charge in [-0.15, -0.1) is 11.3 Å². The number of fused-ring (bicyclic) bond motifs is 1. The Morgan fingerprint density at radius 3 is 2.88 bits per heavy atom. The quantitative estimate of drug-likeness (QED) is 0.864. The number of carbonyl (C=O) groups excluding carboxylic acids is 2. The Kier molecular flexibility index (Phi) is 5.30. The number of rotatable bonds is 5. The van der Waals surface area contributed by atoms with Crippen molar-refractivity contribution < 1.29 is 14.3 Å². The lowest BCUT2D eigenvalue weighted by atomic mass is 10.0. The number of benzene rings is 1. The third kappa shape index (κ3) is 3.96. The van der Waals surface area contributed by atoms with E-state index in [1.807, 2.05) is 17.5 Å². The van der Waals surface area contributed by atoms with Crippen LogP contribution in [-0.2, 0) is 9.59 Å². The highest BCUT2D eigenvalue weighted by molar-refractivity contribution is 7.10. The molecule has 2 aromatic rings. The largest absolute Gasteiger partial charge is 0.482 e. The minimum absolute atomic E-state index is 0.0653. The van der Waals surface area contributed by atoms with Crippen LogP contribution in [0.15, 0.2) is 35.7 Å². The van der Waals surface area contributed by atoms with Crippen LogP contribution in [0.5, 0.6) is 5.75 Å². The van der Waals surface area contributed by atoms with Crippen molar-refractivity contribution >= 4 is 40.4 Å². The molecule has 1 aromatic carbocycles. The first-order valence-corrected chi connectivity index (χ1v) is 9.27. The predicted molar refractivity (Wildman–Crippen MR) is 99.3 cm³/mol. The van der Waals surface area contributed by atoms with Crippen LogP contribution in [-0.4, -0.2) is 25.0 Å². The molecule has 1 aromatic heterocycles. The van der Waals surface area contributed by atoms with E-state index in [1.54, 1.807) is 29.5 Å². The molecule has 7 heteroatoms. The van der Waals surface area contributed by atoms with Crippen molar-refractivity contribution in [2.24, 2.45) is 5.92 Å². The highest BCUT2D eigenvalue weighted by Gasteiger charge is 2.29. The predicted octanol–water partition coefficient (Wildman–Crippen LogP) is 3.64. The molecule has 0 aliphatic carbocycles.